The van der Waals surface area contributed by atoms with E-state index < -0.39 is 23.6 Å². The number of nitrogens with one attached hydrogen (secondary N) is 1. The molecule has 3 N–H and O–H groups in total. The maximum absolute atomic E-state index is 14.1. The average Bonchev–Trinajstić information content (AvgIpc) is 3.26. The largest absolute Gasteiger partial charge is 0.363 e. The van der Waals surface area contributed by atoms with Crippen molar-refractivity contribution in [2.75, 3.05) is 0 Å². The molecular weight excluding hydrogens is 447 g/mol. The molecule has 0 fully saturated rings. The van der Waals surface area contributed by atoms with E-state index in [1.54, 1.807) is 79.7 Å². The Morgan fingerprint density at radius 3 is 2.29 bits per heavy atom. The highest BCUT2D eigenvalue weighted by Gasteiger charge is 2.27. The number of hydrogen-bond acceptors (Lipinski definition) is 4. The van der Waals surface area contributed by atoms with Crippen LogP contribution in [0.5, 0.6) is 0 Å². The van der Waals surface area contributed by atoms with Crippen LogP contribution in [0, 0.1) is 12.7 Å². The Bertz CT molecular complexity index is 1380. The van der Waals surface area contributed by atoms with E-state index in [4.69, 9.17) is 5.73 Å². The minimum atomic E-state index is -1.13. The van der Waals surface area contributed by atoms with Crippen LogP contribution in [0.3, 0.4) is 0 Å². The number of carbonyl (C=O) groups excluding carboxylic acids is 3. The molecule has 4 aromatic rings. The summed E-state index contributed by atoms with van der Waals surface area (Å²) >= 11 is 0. The minimum Gasteiger partial charge on any atom is -0.363 e. The van der Waals surface area contributed by atoms with Gasteiger partial charge in [0.25, 0.3) is 11.8 Å². The van der Waals surface area contributed by atoms with Gasteiger partial charge in [0.05, 0.1) is 11.4 Å². The van der Waals surface area contributed by atoms with Gasteiger partial charge in [-0.25, -0.2) is 9.07 Å². The molecule has 2 amide bonds. The Morgan fingerprint density at radius 2 is 1.63 bits per heavy atom. The molecule has 0 aliphatic rings. The predicted octanol–water partition coefficient (Wildman–Crippen LogP) is 3.38. The van der Waals surface area contributed by atoms with Crippen molar-refractivity contribution >= 4 is 17.6 Å². The number of aromatic nitrogens is 2. The van der Waals surface area contributed by atoms with E-state index in [0.29, 0.717) is 22.5 Å². The number of aryl methyl sites for hydroxylation is 1. The van der Waals surface area contributed by atoms with Gasteiger partial charge in [-0.05, 0) is 42.3 Å². The van der Waals surface area contributed by atoms with Gasteiger partial charge in [0.1, 0.15) is 17.6 Å². The maximum atomic E-state index is 14.1. The summed E-state index contributed by atoms with van der Waals surface area (Å²) in [6, 6.07) is 22.8. The molecule has 3 aromatic carbocycles. The molecule has 8 heteroatoms. The van der Waals surface area contributed by atoms with Crippen LogP contribution in [-0.4, -0.2) is 33.4 Å². The molecule has 0 saturated heterocycles. The summed E-state index contributed by atoms with van der Waals surface area (Å²) in [4.78, 5) is 37.2. The normalized spacial score (nSPS) is 11.6. The van der Waals surface area contributed by atoms with Crippen LogP contribution in [0.1, 0.15) is 21.7 Å². The van der Waals surface area contributed by atoms with Crippen molar-refractivity contribution in [3.05, 3.63) is 108 Å². The molecule has 0 bridgehead atoms. The smallest absolute Gasteiger partial charge is 0.287 e. The Morgan fingerprint density at radius 1 is 0.971 bits per heavy atom. The first-order valence-electron chi connectivity index (χ1n) is 10.9. The van der Waals surface area contributed by atoms with Crippen molar-refractivity contribution < 1.29 is 18.8 Å². The molecule has 0 spiro atoms. The zero-order chi connectivity index (χ0) is 24.9. The van der Waals surface area contributed by atoms with Crippen molar-refractivity contribution in [2.45, 2.75) is 19.4 Å². The van der Waals surface area contributed by atoms with Gasteiger partial charge in [0.15, 0.2) is 0 Å². The van der Waals surface area contributed by atoms with Gasteiger partial charge in [0, 0.05) is 12.0 Å². The highest BCUT2D eigenvalue weighted by atomic mass is 19.1. The molecule has 1 unspecified atom stereocenters. The third kappa shape index (κ3) is 5.33. The van der Waals surface area contributed by atoms with Crippen molar-refractivity contribution in [1.82, 2.24) is 15.1 Å². The summed E-state index contributed by atoms with van der Waals surface area (Å²) < 4.78 is 15.6. The second-order valence-corrected chi connectivity index (χ2v) is 8.05. The molecule has 0 aliphatic carbocycles. The van der Waals surface area contributed by atoms with E-state index in [9.17, 15) is 18.8 Å². The van der Waals surface area contributed by atoms with Crippen molar-refractivity contribution in [1.29, 1.82) is 0 Å². The Balaban J connectivity index is 1.61. The molecule has 1 atom stereocenters. The van der Waals surface area contributed by atoms with Crippen molar-refractivity contribution in [3.8, 4) is 16.8 Å². The Labute approximate surface area is 201 Å². The number of nitrogens with two attached hydrogens (primary N) is 1. The number of nitrogens with zero attached hydrogens (tertiary/aromatic N) is 2. The Hall–Kier alpha value is -4.59. The van der Waals surface area contributed by atoms with Gasteiger partial charge in [-0.15, -0.1) is 0 Å². The van der Waals surface area contributed by atoms with Crippen LogP contribution in [0.4, 0.5) is 4.39 Å². The SMILES string of the molecule is Cc1cc(C(=O)NC(Cc2ccccc2)C(=O)C(N)=O)n(-c2ccc(-c3ccccc3F)cc2)n1. The molecule has 7 nitrogen and oxygen atoms in total. The predicted molar refractivity (Wildman–Crippen MR) is 129 cm³/mol. The number of amides is 2. The first kappa shape index (κ1) is 23.6. The van der Waals surface area contributed by atoms with Crippen LogP contribution < -0.4 is 11.1 Å². The minimum absolute atomic E-state index is 0.110. The molecule has 176 valence electrons. The highest BCUT2D eigenvalue weighted by Crippen LogP contribution is 2.24. The van der Waals surface area contributed by atoms with Gasteiger partial charge in [-0.1, -0.05) is 60.7 Å². The van der Waals surface area contributed by atoms with E-state index in [1.807, 2.05) is 6.07 Å². The third-order valence-corrected chi connectivity index (χ3v) is 5.51. The number of benzene rings is 3. The third-order valence-electron chi connectivity index (χ3n) is 5.51. The van der Waals surface area contributed by atoms with Gasteiger partial charge >= 0.3 is 0 Å². The summed E-state index contributed by atoms with van der Waals surface area (Å²) in [5, 5.41) is 7.03. The maximum Gasteiger partial charge on any atom is 0.287 e. The first-order valence-corrected chi connectivity index (χ1v) is 10.9. The molecule has 0 aliphatic heterocycles. The van der Waals surface area contributed by atoms with Gasteiger partial charge in [-0.2, -0.15) is 5.10 Å². The number of primary amides is 1. The van der Waals surface area contributed by atoms with E-state index in [1.165, 1.54) is 10.7 Å². The zero-order valence-corrected chi connectivity index (χ0v) is 18.9. The van der Waals surface area contributed by atoms with Crippen molar-refractivity contribution in [3.63, 3.8) is 0 Å². The number of hydrogen-bond donors (Lipinski definition) is 2. The molecular formula is C27H23FN4O3. The number of ketones is 1. The Kier molecular flexibility index (Phi) is 6.82. The summed E-state index contributed by atoms with van der Waals surface area (Å²) in [5.41, 5.74) is 8.45. The number of rotatable bonds is 8. The van der Waals surface area contributed by atoms with Gasteiger partial charge in [0.2, 0.25) is 5.78 Å². The molecule has 0 radical (unpaired) electrons. The number of halogens is 1. The topological polar surface area (TPSA) is 107 Å². The summed E-state index contributed by atoms with van der Waals surface area (Å²) in [6.45, 7) is 1.73. The fraction of sp³-hybridized carbons (Fsp3) is 0.111. The molecule has 0 saturated carbocycles. The van der Waals surface area contributed by atoms with Gasteiger partial charge < -0.3 is 11.1 Å². The van der Waals surface area contributed by atoms with E-state index in [2.05, 4.69) is 10.4 Å². The lowest BCUT2D eigenvalue weighted by Gasteiger charge is -2.17. The fourth-order valence-corrected chi connectivity index (χ4v) is 3.80. The lowest BCUT2D eigenvalue weighted by atomic mass is 10.0. The molecule has 1 heterocycles. The van der Waals surface area contributed by atoms with Crippen molar-refractivity contribution in [2.24, 2.45) is 5.73 Å². The van der Waals surface area contributed by atoms with Crippen LogP contribution in [0.25, 0.3) is 16.8 Å². The van der Waals surface area contributed by atoms with E-state index >= 15 is 0 Å². The van der Waals surface area contributed by atoms with Crippen LogP contribution in [0.2, 0.25) is 0 Å². The van der Waals surface area contributed by atoms with E-state index in [-0.39, 0.29) is 17.9 Å². The summed E-state index contributed by atoms with van der Waals surface area (Å²) in [5.74, 6) is -2.93. The van der Waals surface area contributed by atoms with Gasteiger partial charge in [-0.3, -0.25) is 14.4 Å². The first-order chi connectivity index (χ1) is 16.8. The second kappa shape index (κ2) is 10.1. The van der Waals surface area contributed by atoms with Crippen LogP contribution in [-0.2, 0) is 16.0 Å². The standard InChI is InChI=1S/C27H23FN4O3/c1-17-15-24(27(35)30-23(25(33)26(29)34)16-18-7-3-2-4-8-18)32(31-17)20-13-11-19(12-14-20)21-9-5-6-10-22(21)28/h2-15,23H,16H2,1H3,(H2,29,34)(H,30,35). The molecule has 1 aromatic heterocycles. The van der Waals surface area contributed by atoms with Crippen LogP contribution in [0.15, 0.2) is 84.9 Å². The fourth-order valence-electron chi connectivity index (χ4n) is 3.80. The average molecular weight is 471 g/mol. The summed E-state index contributed by atoms with van der Waals surface area (Å²) in [7, 11) is 0. The quantitative estimate of drug-likeness (QED) is 0.385. The number of carbonyl (C=O) groups is 3. The second-order valence-electron chi connectivity index (χ2n) is 8.05. The molecule has 35 heavy (non-hydrogen) atoms. The lowest BCUT2D eigenvalue weighted by molar-refractivity contribution is -0.137. The monoisotopic (exact) mass is 470 g/mol. The number of Topliss-reactive ketones (excluding diaryl/α,β-unsaturated/α-hetero) is 1. The highest BCUT2D eigenvalue weighted by molar-refractivity contribution is 6.38. The van der Waals surface area contributed by atoms with Crippen LogP contribution >= 0.6 is 0 Å². The summed E-state index contributed by atoms with van der Waals surface area (Å²) in [6.07, 6.45) is 0.110. The molecule has 4 rings (SSSR count). The van der Waals surface area contributed by atoms with E-state index in [0.717, 1.165) is 5.56 Å². The lowest BCUT2D eigenvalue weighted by Crippen LogP contribution is -2.47. The zero-order valence-electron chi connectivity index (χ0n) is 18.9.